The fourth-order valence-electron chi connectivity index (χ4n) is 1.85. The number of amides is 1. The van der Waals surface area contributed by atoms with Gasteiger partial charge in [-0.3, -0.25) is 9.48 Å². The third-order valence-electron chi connectivity index (χ3n) is 2.82. The predicted molar refractivity (Wildman–Crippen MR) is 71.0 cm³/mol. The van der Waals surface area contributed by atoms with Gasteiger partial charge in [-0.15, -0.1) is 0 Å². The third-order valence-corrected chi connectivity index (χ3v) is 2.82. The molecule has 6 heteroatoms. The lowest BCUT2D eigenvalue weighted by Crippen LogP contribution is -2.12. The van der Waals surface area contributed by atoms with Crippen molar-refractivity contribution in [3.05, 3.63) is 48.5 Å². The van der Waals surface area contributed by atoms with E-state index in [4.69, 9.17) is 0 Å². The Morgan fingerprint density at radius 1 is 1.42 bits per heavy atom. The Morgan fingerprint density at radius 3 is 3.05 bits per heavy atom. The molecule has 0 radical (unpaired) electrons. The van der Waals surface area contributed by atoms with E-state index >= 15 is 0 Å². The number of fused-ring (bicyclic) bond motifs is 1. The molecule has 0 fully saturated rings. The molecule has 96 valence electrons. The number of carbonyl (C=O) groups is 1. The Labute approximate surface area is 109 Å². The minimum Gasteiger partial charge on any atom is -0.318 e. The molecule has 0 atom stereocenters. The second-order valence-electron chi connectivity index (χ2n) is 4.14. The van der Waals surface area contributed by atoms with E-state index in [9.17, 15) is 4.79 Å². The quantitative estimate of drug-likeness (QED) is 0.776. The van der Waals surface area contributed by atoms with Crippen LogP contribution < -0.4 is 5.32 Å². The van der Waals surface area contributed by atoms with E-state index < -0.39 is 0 Å². The molecule has 0 aliphatic heterocycles. The van der Waals surface area contributed by atoms with E-state index in [0.717, 1.165) is 12.1 Å². The zero-order valence-electron chi connectivity index (χ0n) is 10.4. The zero-order chi connectivity index (χ0) is 13.2. The molecule has 0 saturated carbocycles. The summed E-state index contributed by atoms with van der Waals surface area (Å²) in [4.78, 5) is 12.1. The molecule has 0 saturated heterocycles. The summed E-state index contributed by atoms with van der Waals surface area (Å²) in [5.41, 5.74) is 1.94. The van der Waals surface area contributed by atoms with Crippen molar-refractivity contribution in [3.8, 4) is 0 Å². The highest BCUT2D eigenvalue weighted by molar-refractivity contribution is 6.03. The number of aromatic nitrogens is 4. The number of carbonyl (C=O) groups excluding carboxylic acids is 1. The van der Waals surface area contributed by atoms with Gasteiger partial charge in [0.25, 0.3) is 5.91 Å². The highest BCUT2D eigenvalue weighted by Crippen LogP contribution is 2.10. The maximum absolute atomic E-state index is 12.1. The van der Waals surface area contributed by atoms with Crippen molar-refractivity contribution in [1.82, 2.24) is 19.4 Å². The number of nitrogens with zero attached hydrogens (tertiary/aromatic N) is 4. The van der Waals surface area contributed by atoms with Crippen molar-refractivity contribution in [2.24, 2.45) is 0 Å². The summed E-state index contributed by atoms with van der Waals surface area (Å²) in [5, 5.41) is 11.1. The van der Waals surface area contributed by atoms with E-state index in [1.54, 1.807) is 33.9 Å². The average molecular weight is 255 g/mol. The van der Waals surface area contributed by atoms with E-state index in [-0.39, 0.29) is 5.91 Å². The van der Waals surface area contributed by atoms with Crippen LogP contribution in [-0.2, 0) is 6.54 Å². The van der Waals surface area contributed by atoms with Crippen molar-refractivity contribution in [3.63, 3.8) is 0 Å². The first kappa shape index (κ1) is 11.5. The van der Waals surface area contributed by atoms with Gasteiger partial charge in [0.15, 0.2) is 5.69 Å². The lowest BCUT2D eigenvalue weighted by Gasteiger charge is -1.97. The highest BCUT2D eigenvalue weighted by Gasteiger charge is 2.11. The third kappa shape index (κ3) is 2.20. The van der Waals surface area contributed by atoms with Crippen LogP contribution in [0.15, 0.2) is 42.9 Å². The molecule has 1 amide bonds. The molecule has 0 aromatic carbocycles. The predicted octanol–water partition coefficient (Wildman–Crippen LogP) is 1.80. The summed E-state index contributed by atoms with van der Waals surface area (Å²) in [5.74, 6) is -0.237. The Kier molecular flexibility index (Phi) is 2.75. The second-order valence-corrected chi connectivity index (χ2v) is 4.14. The van der Waals surface area contributed by atoms with Crippen LogP contribution in [0.3, 0.4) is 0 Å². The molecule has 3 heterocycles. The van der Waals surface area contributed by atoms with Crippen LogP contribution in [0.2, 0.25) is 0 Å². The zero-order valence-corrected chi connectivity index (χ0v) is 10.4. The van der Waals surface area contributed by atoms with E-state index in [0.29, 0.717) is 11.4 Å². The van der Waals surface area contributed by atoms with Gasteiger partial charge < -0.3 is 5.32 Å². The van der Waals surface area contributed by atoms with Gasteiger partial charge >= 0.3 is 0 Å². The molecule has 0 spiro atoms. The molecule has 6 nitrogen and oxygen atoms in total. The van der Waals surface area contributed by atoms with Gasteiger partial charge in [0.05, 0.1) is 17.4 Å². The number of aryl methyl sites for hydroxylation is 1. The molecule has 19 heavy (non-hydrogen) atoms. The number of hydrogen-bond donors (Lipinski definition) is 1. The molecule has 3 rings (SSSR count). The van der Waals surface area contributed by atoms with Crippen LogP contribution in [0.5, 0.6) is 0 Å². The molecule has 0 unspecified atom stereocenters. The number of rotatable bonds is 3. The standard InChI is InChI=1S/C13H13N5O/c1-2-17-9-10(8-14-17)15-13(19)12-7-11-5-3-4-6-18(11)16-12/h3-9H,2H2,1H3,(H,15,19). The normalized spacial score (nSPS) is 10.8. The van der Waals surface area contributed by atoms with Gasteiger partial charge in [-0.1, -0.05) is 6.07 Å². The molecule has 0 aliphatic rings. The average Bonchev–Trinajstić information content (AvgIpc) is 3.04. The lowest BCUT2D eigenvalue weighted by atomic mass is 10.3. The Bertz CT molecular complexity index is 694. The van der Waals surface area contributed by atoms with Gasteiger partial charge in [0, 0.05) is 18.9 Å². The van der Waals surface area contributed by atoms with Gasteiger partial charge in [0.1, 0.15) is 0 Å². The molecule has 3 aromatic rings. The SMILES string of the molecule is CCn1cc(NC(=O)c2cc3ccccn3n2)cn1. The summed E-state index contributed by atoms with van der Waals surface area (Å²) in [6.45, 7) is 2.75. The minimum atomic E-state index is -0.237. The highest BCUT2D eigenvalue weighted by atomic mass is 16.2. The minimum absolute atomic E-state index is 0.237. The van der Waals surface area contributed by atoms with Crippen molar-refractivity contribution < 1.29 is 4.79 Å². The Morgan fingerprint density at radius 2 is 2.32 bits per heavy atom. The number of anilines is 1. The van der Waals surface area contributed by atoms with Gasteiger partial charge in [0.2, 0.25) is 0 Å². The molecular formula is C13H13N5O. The number of hydrogen-bond acceptors (Lipinski definition) is 3. The van der Waals surface area contributed by atoms with Crippen molar-refractivity contribution >= 4 is 17.1 Å². The molecule has 3 aromatic heterocycles. The van der Waals surface area contributed by atoms with E-state index in [2.05, 4.69) is 15.5 Å². The Balaban J connectivity index is 1.83. The number of pyridine rings is 1. The first-order valence-corrected chi connectivity index (χ1v) is 6.04. The largest absolute Gasteiger partial charge is 0.318 e. The Hall–Kier alpha value is -2.63. The smallest absolute Gasteiger partial charge is 0.276 e. The van der Waals surface area contributed by atoms with Gasteiger partial charge in [-0.25, -0.2) is 4.52 Å². The van der Waals surface area contributed by atoms with Crippen LogP contribution in [0.4, 0.5) is 5.69 Å². The van der Waals surface area contributed by atoms with Crippen LogP contribution in [0.25, 0.3) is 5.52 Å². The van der Waals surface area contributed by atoms with Gasteiger partial charge in [-0.2, -0.15) is 10.2 Å². The number of nitrogens with one attached hydrogen (secondary N) is 1. The lowest BCUT2D eigenvalue weighted by molar-refractivity contribution is 0.102. The fraction of sp³-hybridized carbons (Fsp3) is 0.154. The van der Waals surface area contributed by atoms with Crippen molar-refractivity contribution in [1.29, 1.82) is 0 Å². The van der Waals surface area contributed by atoms with E-state index in [1.165, 1.54) is 0 Å². The fourth-order valence-corrected chi connectivity index (χ4v) is 1.85. The van der Waals surface area contributed by atoms with Crippen molar-refractivity contribution in [2.75, 3.05) is 5.32 Å². The molecule has 0 bridgehead atoms. The maximum Gasteiger partial charge on any atom is 0.276 e. The van der Waals surface area contributed by atoms with Crippen LogP contribution in [-0.4, -0.2) is 25.3 Å². The van der Waals surface area contributed by atoms with Gasteiger partial charge in [-0.05, 0) is 25.1 Å². The molecule has 1 N–H and O–H groups in total. The van der Waals surface area contributed by atoms with Crippen molar-refractivity contribution in [2.45, 2.75) is 13.5 Å². The topological polar surface area (TPSA) is 64.2 Å². The maximum atomic E-state index is 12.1. The summed E-state index contributed by atoms with van der Waals surface area (Å²) in [6, 6.07) is 7.43. The molecule has 0 aliphatic carbocycles. The summed E-state index contributed by atoms with van der Waals surface area (Å²) in [6.07, 6.45) is 5.21. The van der Waals surface area contributed by atoms with E-state index in [1.807, 2.05) is 25.1 Å². The van der Waals surface area contributed by atoms with Crippen LogP contribution >= 0.6 is 0 Å². The summed E-state index contributed by atoms with van der Waals surface area (Å²) in [7, 11) is 0. The summed E-state index contributed by atoms with van der Waals surface area (Å²) < 4.78 is 3.42. The molecular weight excluding hydrogens is 242 g/mol. The van der Waals surface area contributed by atoms with Crippen LogP contribution in [0, 0.1) is 0 Å². The first-order chi connectivity index (χ1) is 9.26. The monoisotopic (exact) mass is 255 g/mol. The second kappa shape index (κ2) is 4.56. The summed E-state index contributed by atoms with van der Waals surface area (Å²) >= 11 is 0. The van der Waals surface area contributed by atoms with Crippen LogP contribution in [0.1, 0.15) is 17.4 Å². The first-order valence-electron chi connectivity index (χ1n) is 6.04.